The second-order valence-corrected chi connectivity index (χ2v) is 3.72. The minimum absolute atomic E-state index is 0. The highest BCUT2D eigenvalue weighted by molar-refractivity contribution is 7.10. The number of aromatic nitrogens is 2. The monoisotopic (exact) mass is 226 g/mol. The summed E-state index contributed by atoms with van der Waals surface area (Å²) in [5.74, 6) is 0.980. The van der Waals surface area contributed by atoms with E-state index in [2.05, 4.69) is 22.5 Å². The first-order valence-corrected chi connectivity index (χ1v) is 4.93. The predicted molar refractivity (Wildman–Crippen MR) is 63.7 cm³/mol. The van der Waals surface area contributed by atoms with E-state index in [-0.39, 0.29) is 12.4 Å². The van der Waals surface area contributed by atoms with Gasteiger partial charge in [-0.1, -0.05) is 6.07 Å². The molecule has 0 aliphatic carbocycles. The van der Waals surface area contributed by atoms with E-state index in [9.17, 15) is 0 Å². The SMILES string of the molecule is Cl.Cn1ccnc1C=Cc1cccs1. The van der Waals surface area contributed by atoms with Crippen LogP contribution in [0.15, 0.2) is 29.9 Å². The van der Waals surface area contributed by atoms with Crippen LogP contribution in [0.2, 0.25) is 0 Å². The van der Waals surface area contributed by atoms with Crippen molar-refractivity contribution >= 4 is 35.9 Å². The highest BCUT2D eigenvalue weighted by atomic mass is 35.5. The second-order valence-electron chi connectivity index (χ2n) is 2.75. The van der Waals surface area contributed by atoms with Crippen LogP contribution < -0.4 is 0 Å². The zero-order valence-electron chi connectivity index (χ0n) is 7.75. The minimum atomic E-state index is 0. The molecule has 0 amide bonds. The van der Waals surface area contributed by atoms with Crippen LogP contribution in [0.25, 0.3) is 12.2 Å². The van der Waals surface area contributed by atoms with Crippen molar-refractivity contribution in [1.82, 2.24) is 9.55 Å². The average Bonchev–Trinajstić information content (AvgIpc) is 2.72. The van der Waals surface area contributed by atoms with Crippen LogP contribution in [0.3, 0.4) is 0 Å². The van der Waals surface area contributed by atoms with E-state index in [0.717, 1.165) is 5.82 Å². The van der Waals surface area contributed by atoms with E-state index < -0.39 is 0 Å². The lowest BCUT2D eigenvalue weighted by atomic mass is 10.4. The van der Waals surface area contributed by atoms with Gasteiger partial charge in [0.1, 0.15) is 5.82 Å². The first-order valence-electron chi connectivity index (χ1n) is 4.05. The molecule has 2 heterocycles. The Kier molecular flexibility index (Phi) is 3.92. The van der Waals surface area contributed by atoms with Gasteiger partial charge in [-0.25, -0.2) is 4.98 Å². The van der Waals surface area contributed by atoms with E-state index in [1.165, 1.54) is 4.88 Å². The standard InChI is InChI=1S/C10H10N2S.ClH/c1-12-7-6-11-10(12)5-4-9-3-2-8-13-9;/h2-8H,1H3;1H. The molecule has 0 aromatic carbocycles. The molecular weight excluding hydrogens is 216 g/mol. The van der Waals surface area contributed by atoms with Gasteiger partial charge in [0.2, 0.25) is 0 Å². The Hall–Kier alpha value is -1.06. The molecule has 0 saturated heterocycles. The summed E-state index contributed by atoms with van der Waals surface area (Å²) in [6.07, 6.45) is 7.83. The van der Waals surface area contributed by atoms with Gasteiger partial charge in [-0.3, -0.25) is 0 Å². The molecule has 0 fully saturated rings. The fourth-order valence-corrected chi connectivity index (χ4v) is 1.70. The smallest absolute Gasteiger partial charge is 0.132 e. The van der Waals surface area contributed by atoms with Gasteiger partial charge in [-0.2, -0.15) is 0 Å². The van der Waals surface area contributed by atoms with Gasteiger partial charge in [-0.05, 0) is 23.6 Å². The Balaban J connectivity index is 0.000000980. The molecule has 4 heteroatoms. The van der Waals surface area contributed by atoms with E-state index >= 15 is 0 Å². The normalized spacial score (nSPS) is 10.4. The van der Waals surface area contributed by atoms with Gasteiger partial charge in [0.15, 0.2) is 0 Å². The largest absolute Gasteiger partial charge is 0.335 e. The molecule has 2 aromatic heterocycles. The van der Waals surface area contributed by atoms with Crippen molar-refractivity contribution in [3.05, 3.63) is 40.6 Å². The van der Waals surface area contributed by atoms with Crippen molar-refractivity contribution in [2.45, 2.75) is 0 Å². The Morgan fingerprint density at radius 1 is 1.43 bits per heavy atom. The maximum atomic E-state index is 4.20. The van der Waals surface area contributed by atoms with Crippen molar-refractivity contribution in [1.29, 1.82) is 0 Å². The molecule has 0 N–H and O–H groups in total. The maximum Gasteiger partial charge on any atom is 0.132 e. The number of halogens is 1. The minimum Gasteiger partial charge on any atom is -0.335 e. The van der Waals surface area contributed by atoms with E-state index in [1.807, 2.05) is 30.0 Å². The first kappa shape index (κ1) is 11.0. The quantitative estimate of drug-likeness (QED) is 0.770. The summed E-state index contributed by atoms with van der Waals surface area (Å²) in [7, 11) is 1.99. The van der Waals surface area contributed by atoms with Crippen molar-refractivity contribution < 1.29 is 0 Å². The number of thiophene rings is 1. The molecule has 0 unspecified atom stereocenters. The second kappa shape index (κ2) is 4.98. The fraction of sp³-hybridized carbons (Fsp3) is 0.100. The van der Waals surface area contributed by atoms with E-state index in [1.54, 1.807) is 17.5 Å². The van der Waals surface area contributed by atoms with Crippen LogP contribution in [0.5, 0.6) is 0 Å². The van der Waals surface area contributed by atoms with Crippen molar-refractivity contribution in [3.63, 3.8) is 0 Å². The van der Waals surface area contributed by atoms with Crippen LogP contribution in [0, 0.1) is 0 Å². The summed E-state index contributed by atoms with van der Waals surface area (Å²) in [6.45, 7) is 0. The lowest BCUT2D eigenvalue weighted by molar-refractivity contribution is 0.898. The van der Waals surface area contributed by atoms with Gasteiger partial charge >= 0.3 is 0 Å². The number of imidazole rings is 1. The van der Waals surface area contributed by atoms with Crippen LogP contribution in [-0.2, 0) is 7.05 Å². The zero-order chi connectivity index (χ0) is 9.10. The van der Waals surface area contributed by atoms with Crippen molar-refractivity contribution in [2.24, 2.45) is 7.05 Å². The molecule has 0 spiro atoms. The molecule has 0 saturated carbocycles. The van der Waals surface area contributed by atoms with Gasteiger partial charge in [-0.15, -0.1) is 23.7 Å². The summed E-state index contributed by atoms with van der Waals surface area (Å²) in [5.41, 5.74) is 0. The molecule has 2 rings (SSSR count). The number of nitrogens with zero attached hydrogens (tertiary/aromatic N) is 2. The van der Waals surface area contributed by atoms with Crippen LogP contribution in [0.4, 0.5) is 0 Å². The van der Waals surface area contributed by atoms with Crippen LogP contribution in [-0.4, -0.2) is 9.55 Å². The lowest BCUT2D eigenvalue weighted by Gasteiger charge is -1.92. The Labute approximate surface area is 93.3 Å². The molecule has 2 nitrogen and oxygen atoms in total. The molecule has 0 aliphatic rings. The lowest BCUT2D eigenvalue weighted by Crippen LogP contribution is -1.88. The highest BCUT2D eigenvalue weighted by Crippen LogP contribution is 2.12. The summed E-state index contributed by atoms with van der Waals surface area (Å²) in [4.78, 5) is 5.45. The number of aryl methyl sites for hydroxylation is 1. The molecule has 2 aromatic rings. The number of hydrogen-bond donors (Lipinski definition) is 0. The number of hydrogen-bond acceptors (Lipinski definition) is 2. The Morgan fingerprint density at radius 3 is 2.86 bits per heavy atom. The van der Waals surface area contributed by atoms with Crippen LogP contribution >= 0.6 is 23.7 Å². The molecule has 14 heavy (non-hydrogen) atoms. The summed E-state index contributed by atoms with van der Waals surface area (Å²) >= 11 is 1.73. The Morgan fingerprint density at radius 2 is 2.29 bits per heavy atom. The third-order valence-corrected chi connectivity index (χ3v) is 2.64. The van der Waals surface area contributed by atoms with Gasteiger partial charge in [0.05, 0.1) is 0 Å². The average molecular weight is 227 g/mol. The zero-order valence-corrected chi connectivity index (χ0v) is 9.39. The van der Waals surface area contributed by atoms with Crippen molar-refractivity contribution in [2.75, 3.05) is 0 Å². The summed E-state index contributed by atoms with van der Waals surface area (Å²) < 4.78 is 1.99. The molecular formula is C10H11ClN2S. The maximum absolute atomic E-state index is 4.20. The number of rotatable bonds is 2. The fourth-order valence-electron chi connectivity index (χ4n) is 1.08. The van der Waals surface area contributed by atoms with E-state index in [0.29, 0.717) is 0 Å². The third-order valence-electron chi connectivity index (χ3n) is 1.80. The van der Waals surface area contributed by atoms with Gasteiger partial charge in [0.25, 0.3) is 0 Å². The summed E-state index contributed by atoms with van der Waals surface area (Å²) in [6, 6.07) is 4.13. The van der Waals surface area contributed by atoms with E-state index in [4.69, 9.17) is 0 Å². The summed E-state index contributed by atoms with van der Waals surface area (Å²) in [5, 5.41) is 2.07. The molecule has 0 radical (unpaired) electrons. The van der Waals surface area contributed by atoms with Crippen molar-refractivity contribution in [3.8, 4) is 0 Å². The highest BCUT2D eigenvalue weighted by Gasteiger charge is 1.92. The van der Waals surface area contributed by atoms with Gasteiger partial charge < -0.3 is 4.57 Å². The van der Waals surface area contributed by atoms with Gasteiger partial charge in [0, 0.05) is 24.3 Å². The first-order chi connectivity index (χ1) is 6.36. The molecule has 0 aliphatic heterocycles. The third kappa shape index (κ3) is 2.47. The molecule has 0 bridgehead atoms. The van der Waals surface area contributed by atoms with Crippen LogP contribution in [0.1, 0.15) is 10.7 Å². The predicted octanol–water partition coefficient (Wildman–Crippen LogP) is 3.07. The topological polar surface area (TPSA) is 17.8 Å². The molecule has 0 atom stereocenters. The Bertz CT molecular complexity index is 403. The molecule has 74 valence electrons.